The molecule has 4 nitrogen and oxygen atoms in total. The second-order valence-corrected chi connectivity index (χ2v) is 3.63. The van der Waals surface area contributed by atoms with Gasteiger partial charge in [0, 0.05) is 26.6 Å². The van der Waals surface area contributed by atoms with Crippen molar-refractivity contribution >= 4 is 5.78 Å². The highest BCUT2D eigenvalue weighted by molar-refractivity contribution is 5.96. The first kappa shape index (κ1) is 10.9. The second-order valence-electron chi connectivity index (χ2n) is 3.63. The molecule has 0 aliphatic rings. The van der Waals surface area contributed by atoms with Crippen LogP contribution in [0.5, 0.6) is 0 Å². The number of methoxy groups -OCH3 is 1. The van der Waals surface area contributed by atoms with Crippen LogP contribution in [0.2, 0.25) is 0 Å². The normalized spacial score (nSPS) is 13.2. The van der Waals surface area contributed by atoms with Crippen LogP contribution in [-0.2, 0) is 11.8 Å². The summed E-state index contributed by atoms with van der Waals surface area (Å²) in [6.07, 6.45) is 2.96. The van der Waals surface area contributed by atoms with Crippen LogP contribution in [0.1, 0.15) is 24.5 Å². The van der Waals surface area contributed by atoms with Gasteiger partial charge in [-0.3, -0.25) is 4.79 Å². The van der Waals surface area contributed by atoms with Gasteiger partial charge in [-0.1, -0.05) is 13.8 Å². The van der Waals surface area contributed by atoms with E-state index in [0.29, 0.717) is 5.82 Å². The van der Waals surface area contributed by atoms with Gasteiger partial charge in [0.2, 0.25) is 5.78 Å². The van der Waals surface area contributed by atoms with Gasteiger partial charge in [0.15, 0.2) is 5.82 Å². The summed E-state index contributed by atoms with van der Waals surface area (Å²) < 4.78 is 6.85. The molecular weight excluding hydrogens is 180 g/mol. The molecule has 0 aromatic carbocycles. The molecule has 1 aromatic heterocycles. The van der Waals surface area contributed by atoms with E-state index in [2.05, 4.69) is 4.98 Å². The van der Waals surface area contributed by atoms with Gasteiger partial charge in [-0.15, -0.1) is 0 Å². The molecule has 1 atom stereocenters. The number of carbonyl (C=O) groups excluding carboxylic acids is 1. The van der Waals surface area contributed by atoms with Crippen LogP contribution in [0.15, 0.2) is 12.4 Å². The number of nitrogens with zero attached hydrogens (tertiary/aromatic N) is 2. The molecule has 0 aliphatic carbocycles. The maximum atomic E-state index is 11.9. The van der Waals surface area contributed by atoms with Gasteiger partial charge >= 0.3 is 0 Å². The van der Waals surface area contributed by atoms with Crippen LogP contribution in [0.4, 0.5) is 0 Å². The number of carbonyl (C=O) groups is 1. The molecule has 1 unspecified atom stereocenters. The molecule has 1 rings (SSSR count). The fourth-order valence-electron chi connectivity index (χ4n) is 1.41. The third-order valence-electron chi connectivity index (χ3n) is 2.16. The van der Waals surface area contributed by atoms with Gasteiger partial charge in [-0.2, -0.15) is 0 Å². The van der Waals surface area contributed by atoms with Gasteiger partial charge in [-0.25, -0.2) is 4.98 Å². The molecule has 0 aliphatic heterocycles. The number of imidazole rings is 1. The Bertz CT molecular complexity index is 318. The summed E-state index contributed by atoms with van der Waals surface area (Å²) in [5.74, 6) is 0.546. The zero-order valence-electron chi connectivity index (χ0n) is 9.02. The summed E-state index contributed by atoms with van der Waals surface area (Å²) >= 11 is 0. The highest BCUT2D eigenvalue weighted by atomic mass is 16.5. The first-order chi connectivity index (χ1) is 6.57. The lowest BCUT2D eigenvalue weighted by molar-refractivity contribution is 0.0445. The Kier molecular flexibility index (Phi) is 3.41. The standard InChI is InChI=1S/C10H16N2O2/c1-7(2)9(14-4)8(13)10-11-5-6-12(10)3/h5-7,9H,1-4H3. The van der Waals surface area contributed by atoms with E-state index in [0.717, 1.165) is 0 Å². The second kappa shape index (κ2) is 4.37. The largest absolute Gasteiger partial charge is 0.373 e. The summed E-state index contributed by atoms with van der Waals surface area (Å²) in [6, 6.07) is 0. The maximum Gasteiger partial charge on any atom is 0.227 e. The van der Waals surface area contributed by atoms with Crippen molar-refractivity contribution in [3.05, 3.63) is 18.2 Å². The zero-order chi connectivity index (χ0) is 10.7. The zero-order valence-corrected chi connectivity index (χ0v) is 9.02. The van der Waals surface area contributed by atoms with Crippen LogP contribution >= 0.6 is 0 Å². The quantitative estimate of drug-likeness (QED) is 0.681. The lowest BCUT2D eigenvalue weighted by Gasteiger charge is -2.17. The molecule has 0 bridgehead atoms. The number of aromatic nitrogens is 2. The Hall–Kier alpha value is -1.16. The minimum atomic E-state index is -0.406. The lowest BCUT2D eigenvalue weighted by atomic mass is 10.0. The molecule has 0 saturated heterocycles. The SMILES string of the molecule is COC(C(=O)c1nccn1C)C(C)C. The number of ketones is 1. The average Bonchev–Trinajstić information content (AvgIpc) is 2.51. The van der Waals surface area contributed by atoms with Crippen molar-refractivity contribution in [2.24, 2.45) is 13.0 Å². The molecule has 14 heavy (non-hydrogen) atoms. The Labute approximate surface area is 83.9 Å². The Morgan fingerprint density at radius 3 is 2.57 bits per heavy atom. The van der Waals surface area contributed by atoms with E-state index in [4.69, 9.17) is 4.74 Å². The van der Waals surface area contributed by atoms with Gasteiger partial charge in [-0.05, 0) is 5.92 Å². The summed E-state index contributed by atoms with van der Waals surface area (Å²) in [6.45, 7) is 3.91. The minimum Gasteiger partial charge on any atom is -0.373 e. The smallest absolute Gasteiger partial charge is 0.227 e. The predicted octanol–water partition coefficient (Wildman–Crippen LogP) is 1.27. The first-order valence-corrected chi connectivity index (χ1v) is 4.62. The van der Waals surface area contributed by atoms with Gasteiger partial charge < -0.3 is 9.30 Å². The number of hydrogen-bond acceptors (Lipinski definition) is 3. The van der Waals surface area contributed by atoms with E-state index in [1.165, 1.54) is 0 Å². The summed E-state index contributed by atoms with van der Waals surface area (Å²) in [5, 5.41) is 0. The molecule has 0 fully saturated rings. The van der Waals surface area contributed by atoms with E-state index in [-0.39, 0.29) is 11.7 Å². The molecule has 0 saturated carbocycles. The number of hydrogen-bond donors (Lipinski definition) is 0. The third kappa shape index (κ3) is 2.01. The fraction of sp³-hybridized carbons (Fsp3) is 0.600. The van der Waals surface area contributed by atoms with Gasteiger partial charge in [0.1, 0.15) is 6.10 Å². The Balaban J connectivity index is 2.89. The lowest BCUT2D eigenvalue weighted by Crippen LogP contribution is -2.30. The number of ether oxygens (including phenoxy) is 1. The first-order valence-electron chi connectivity index (χ1n) is 4.62. The number of Topliss-reactive ketones (excluding diaryl/α,β-unsaturated/α-hetero) is 1. The molecule has 1 heterocycles. The van der Waals surface area contributed by atoms with Crippen LogP contribution in [0, 0.1) is 5.92 Å². The van der Waals surface area contributed by atoms with E-state index in [9.17, 15) is 4.79 Å². The van der Waals surface area contributed by atoms with Crippen molar-refractivity contribution in [2.45, 2.75) is 20.0 Å². The third-order valence-corrected chi connectivity index (χ3v) is 2.16. The molecule has 4 heteroatoms. The van der Waals surface area contributed by atoms with Gasteiger partial charge in [0.05, 0.1) is 0 Å². The van der Waals surface area contributed by atoms with E-state index in [1.807, 2.05) is 13.8 Å². The highest BCUT2D eigenvalue weighted by Gasteiger charge is 2.25. The molecule has 1 aromatic rings. The van der Waals surface area contributed by atoms with Crippen LogP contribution in [0.3, 0.4) is 0 Å². The molecule has 78 valence electrons. The molecule has 0 spiro atoms. The van der Waals surface area contributed by atoms with Crippen LogP contribution in [-0.4, -0.2) is 28.5 Å². The van der Waals surface area contributed by atoms with Crippen molar-refractivity contribution in [3.8, 4) is 0 Å². The van der Waals surface area contributed by atoms with E-state index >= 15 is 0 Å². The fourth-order valence-corrected chi connectivity index (χ4v) is 1.41. The van der Waals surface area contributed by atoms with Crippen LogP contribution in [0.25, 0.3) is 0 Å². The number of rotatable bonds is 4. The summed E-state index contributed by atoms with van der Waals surface area (Å²) in [5.41, 5.74) is 0. The van der Waals surface area contributed by atoms with Crippen molar-refractivity contribution in [1.29, 1.82) is 0 Å². The monoisotopic (exact) mass is 196 g/mol. The molecule has 0 amide bonds. The topological polar surface area (TPSA) is 44.1 Å². The summed E-state index contributed by atoms with van der Waals surface area (Å²) in [7, 11) is 3.35. The Morgan fingerprint density at radius 2 is 2.21 bits per heavy atom. The minimum absolute atomic E-state index is 0.0602. The van der Waals surface area contributed by atoms with Crippen molar-refractivity contribution in [1.82, 2.24) is 9.55 Å². The van der Waals surface area contributed by atoms with Crippen molar-refractivity contribution in [3.63, 3.8) is 0 Å². The average molecular weight is 196 g/mol. The van der Waals surface area contributed by atoms with E-state index < -0.39 is 6.10 Å². The maximum absolute atomic E-state index is 11.9. The van der Waals surface area contributed by atoms with Crippen molar-refractivity contribution in [2.75, 3.05) is 7.11 Å². The van der Waals surface area contributed by atoms with Crippen molar-refractivity contribution < 1.29 is 9.53 Å². The highest BCUT2D eigenvalue weighted by Crippen LogP contribution is 2.11. The molecule has 0 radical (unpaired) electrons. The van der Waals surface area contributed by atoms with E-state index in [1.54, 1.807) is 31.1 Å². The molecule has 0 N–H and O–H groups in total. The van der Waals surface area contributed by atoms with Gasteiger partial charge in [0.25, 0.3) is 0 Å². The number of aryl methyl sites for hydroxylation is 1. The van der Waals surface area contributed by atoms with Crippen LogP contribution < -0.4 is 0 Å². The Morgan fingerprint density at radius 1 is 1.57 bits per heavy atom. The summed E-state index contributed by atoms with van der Waals surface area (Å²) in [4.78, 5) is 15.9. The predicted molar refractivity (Wildman–Crippen MR) is 53.2 cm³/mol. The molecular formula is C10H16N2O2.